The van der Waals surface area contributed by atoms with Gasteiger partial charge >= 0.3 is 11.9 Å². The number of hydrogen-bond acceptors (Lipinski definition) is 12. The van der Waals surface area contributed by atoms with Crippen LogP contribution in [-0.2, 0) is 33.4 Å². The molecule has 8 N–H and O–H groups in total. The standard InChI is InChI=1S/C20H34N2O13/c1-21-11(19(30)31)7-14(24)22-10(8-15(25)26)12(23)3-2-4-33-5-6-34-9-13-16(27)17(28)18(29)20(32)35-13/h10-11,13,16-18,20-21,27-29,32H,2-9H2,1H3,(H,22,24)(H,25,26)(H,30,31)/t10?,11?,13?,16-,17+,18?,20-/m1/s1. The maximum atomic E-state index is 12.3. The summed E-state index contributed by atoms with van der Waals surface area (Å²) < 4.78 is 15.5. The van der Waals surface area contributed by atoms with Gasteiger partial charge < -0.3 is 55.5 Å². The van der Waals surface area contributed by atoms with Crippen LogP contribution in [0.25, 0.3) is 0 Å². The number of rotatable bonds is 17. The highest BCUT2D eigenvalue weighted by Gasteiger charge is 2.42. The number of Topliss-reactive ketones (excluding diaryl/α,β-unsaturated/α-hetero) is 1. The molecule has 1 saturated heterocycles. The van der Waals surface area contributed by atoms with Crippen molar-refractivity contribution < 1.29 is 64.0 Å². The molecule has 1 aliphatic heterocycles. The van der Waals surface area contributed by atoms with Gasteiger partial charge in [0.05, 0.1) is 38.7 Å². The molecule has 1 rings (SSSR count). The lowest BCUT2D eigenvalue weighted by Gasteiger charge is -2.38. The van der Waals surface area contributed by atoms with Crippen LogP contribution in [-0.4, -0.2) is 131 Å². The van der Waals surface area contributed by atoms with Gasteiger partial charge in [0.15, 0.2) is 12.1 Å². The Hall–Kier alpha value is -2.24. The first-order valence-corrected chi connectivity index (χ1v) is 10.9. The third-order valence-corrected chi connectivity index (χ3v) is 5.19. The second-order valence-electron chi connectivity index (χ2n) is 7.90. The van der Waals surface area contributed by atoms with Crippen molar-refractivity contribution in [2.75, 3.05) is 33.5 Å². The summed E-state index contributed by atoms with van der Waals surface area (Å²) in [6.07, 6.45) is -8.37. The van der Waals surface area contributed by atoms with Crippen LogP contribution < -0.4 is 10.6 Å². The number of carbonyl (C=O) groups excluding carboxylic acids is 2. The monoisotopic (exact) mass is 510 g/mol. The van der Waals surface area contributed by atoms with Gasteiger partial charge in [-0.05, 0) is 13.5 Å². The quantitative estimate of drug-likeness (QED) is 0.0875. The normalized spacial score (nSPS) is 26.0. The lowest BCUT2D eigenvalue weighted by Crippen LogP contribution is -2.58. The van der Waals surface area contributed by atoms with E-state index in [2.05, 4.69) is 10.6 Å². The molecule has 15 nitrogen and oxygen atoms in total. The third kappa shape index (κ3) is 10.9. The Morgan fingerprint density at radius 1 is 0.886 bits per heavy atom. The van der Waals surface area contributed by atoms with Crippen molar-refractivity contribution in [3.05, 3.63) is 0 Å². The number of carboxylic acid groups (broad SMARTS) is 2. The second kappa shape index (κ2) is 15.7. The van der Waals surface area contributed by atoms with Crippen LogP contribution in [0, 0.1) is 0 Å². The van der Waals surface area contributed by atoms with Gasteiger partial charge in [-0.3, -0.25) is 19.2 Å². The fourth-order valence-electron chi connectivity index (χ4n) is 3.18. The Morgan fingerprint density at radius 2 is 1.54 bits per heavy atom. The van der Waals surface area contributed by atoms with E-state index in [1.165, 1.54) is 7.05 Å². The molecule has 1 amide bonds. The SMILES string of the molecule is CNC(CC(=O)NC(CC(=O)O)C(=O)CCCOCCOCC1O[C@@H](O)C(O)[C@@H](O)[C@@H]1O)C(=O)O. The number of aliphatic hydroxyl groups excluding tert-OH is 4. The number of carbonyl (C=O) groups is 4. The Morgan fingerprint density at radius 3 is 2.14 bits per heavy atom. The van der Waals surface area contributed by atoms with E-state index in [9.17, 15) is 39.6 Å². The molecule has 202 valence electrons. The first-order valence-electron chi connectivity index (χ1n) is 10.9. The maximum absolute atomic E-state index is 12.3. The minimum Gasteiger partial charge on any atom is -0.481 e. The fourth-order valence-corrected chi connectivity index (χ4v) is 3.18. The number of aliphatic carboxylic acids is 2. The minimum atomic E-state index is -1.66. The van der Waals surface area contributed by atoms with Crippen molar-refractivity contribution in [2.45, 2.75) is 68.5 Å². The molecule has 4 unspecified atom stereocenters. The summed E-state index contributed by atoms with van der Waals surface area (Å²) in [7, 11) is 1.35. The average Bonchev–Trinajstić information content (AvgIpc) is 2.79. The van der Waals surface area contributed by atoms with E-state index in [0.717, 1.165) is 0 Å². The zero-order valence-corrected chi connectivity index (χ0v) is 19.2. The van der Waals surface area contributed by atoms with Gasteiger partial charge in [0.25, 0.3) is 0 Å². The molecule has 7 atom stereocenters. The van der Waals surface area contributed by atoms with Crippen molar-refractivity contribution in [3.8, 4) is 0 Å². The molecule has 0 saturated carbocycles. The fraction of sp³-hybridized carbons (Fsp3) is 0.800. The molecule has 35 heavy (non-hydrogen) atoms. The van der Waals surface area contributed by atoms with Crippen molar-refractivity contribution in [3.63, 3.8) is 0 Å². The number of ether oxygens (including phenoxy) is 3. The molecule has 0 radical (unpaired) electrons. The van der Waals surface area contributed by atoms with E-state index in [1.54, 1.807) is 0 Å². The van der Waals surface area contributed by atoms with Gasteiger partial charge in [-0.2, -0.15) is 0 Å². The van der Waals surface area contributed by atoms with E-state index >= 15 is 0 Å². The summed E-state index contributed by atoms with van der Waals surface area (Å²) in [6, 6.07) is -2.48. The summed E-state index contributed by atoms with van der Waals surface area (Å²) in [4.78, 5) is 46.4. The van der Waals surface area contributed by atoms with Crippen molar-refractivity contribution in [1.29, 1.82) is 0 Å². The van der Waals surface area contributed by atoms with Gasteiger partial charge in [-0.1, -0.05) is 0 Å². The number of carboxylic acids is 2. The number of hydrogen-bond donors (Lipinski definition) is 8. The molecule has 1 aliphatic rings. The highest BCUT2D eigenvalue weighted by molar-refractivity contribution is 5.93. The predicted molar refractivity (Wildman–Crippen MR) is 114 cm³/mol. The van der Waals surface area contributed by atoms with E-state index in [1.807, 2.05) is 0 Å². The summed E-state index contributed by atoms with van der Waals surface area (Å²) in [5.74, 6) is -3.88. The molecule has 0 spiro atoms. The highest BCUT2D eigenvalue weighted by atomic mass is 16.6. The second-order valence-corrected chi connectivity index (χ2v) is 7.90. The van der Waals surface area contributed by atoms with Crippen LogP contribution in [0.4, 0.5) is 0 Å². The number of aliphatic hydroxyl groups is 4. The highest BCUT2D eigenvalue weighted by Crippen LogP contribution is 2.19. The van der Waals surface area contributed by atoms with Crippen LogP contribution in [0.15, 0.2) is 0 Å². The van der Waals surface area contributed by atoms with E-state index in [0.29, 0.717) is 0 Å². The van der Waals surface area contributed by atoms with Gasteiger partial charge in [-0.15, -0.1) is 0 Å². The average molecular weight is 510 g/mol. The van der Waals surface area contributed by atoms with Crippen molar-refractivity contribution in [2.24, 2.45) is 0 Å². The Kier molecular flexibility index (Phi) is 13.8. The van der Waals surface area contributed by atoms with Crippen LogP contribution in [0.5, 0.6) is 0 Å². The van der Waals surface area contributed by atoms with Gasteiger partial charge in [0.1, 0.15) is 30.5 Å². The summed E-state index contributed by atoms with van der Waals surface area (Å²) >= 11 is 0. The molecular formula is C20H34N2O13. The molecule has 0 aromatic rings. The van der Waals surface area contributed by atoms with Crippen LogP contribution in [0.1, 0.15) is 25.7 Å². The maximum Gasteiger partial charge on any atom is 0.321 e. The first-order chi connectivity index (χ1) is 16.5. The lowest BCUT2D eigenvalue weighted by atomic mass is 9.99. The Labute approximate surface area is 201 Å². The summed E-state index contributed by atoms with van der Waals surface area (Å²) in [5, 5.41) is 60.9. The molecule has 0 aromatic carbocycles. The van der Waals surface area contributed by atoms with E-state index < -0.39 is 79.3 Å². The van der Waals surface area contributed by atoms with E-state index in [4.69, 9.17) is 24.4 Å². The van der Waals surface area contributed by atoms with Crippen molar-refractivity contribution >= 4 is 23.6 Å². The van der Waals surface area contributed by atoms with Crippen molar-refractivity contribution in [1.82, 2.24) is 10.6 Å². The third-order valence-electron chi connectivity index (χ3n) is 5.19. The lowest BCUT2D eigenvalue weighted by molar-refractivity contribution is -0.288. The minimum absolute atomic E-state index is 0.0587. The zero-order chi connectivity index (χ0) is 26.5. The Balaban J connectivity index is 2.29. The smallest absolute Gasteiger partial charge is 0.321 e. The molecular weight excluding hydrogens is 476 g/mol. The predicted octanol–water partition coefficient (Wildman–Crippen LogP) is -3.81. The van der Waals surface area contributed by atoms with Crippen LogP contribution >= 0.6 is 0 Å². The zero-order valence-electron chi connectivity index (χ0n) is 19.2. The summed E-state index contributed by atoms with van der Waals surface area (Å²) in [6.45, 7) is 0.0936. The van der Waals surface area contributed by atoms with Gasteiger partial charge in [0, 0.05) is 13.0 Å². The molecule has 1 fully saturated rings. The largest absolute Gasteiger partial charge is 0.481 e. The molecule has 0 bridgehead atoms. The molecule has 15 heteroatoms. The van der Waals surface area contributed by atoms with Crippen LogP contribution in [0.3, 0.4) is 0 Å². The van der Waals surface area contributed by atoms with Crippen LogP contribution in [0.2, 0.25) is 0 Å². The number of ketones is 1. The first kappa shape index (κ1) is 30.8. The number of amides is 1. The Bertz CT molecular complexity index is 707. The summed E-state index contributed by atoms with van der Waals surface area (Å²) in [5.41, 5.74) is 0. The van der Waals surface area contributed by atoms with E-state index in [-0.39, 0.29) is 39.3 Å². The van der Waals surface area contributed by atoms with Gasteiger partial charge in [-0.25, -0.2) is 0 Å². The topological polar surface area (TPSA) is 241 Å². The van der Waals surface area contributed by atoms with Gasteiger partial charge in [0.2, 0.25) is 5.91 Å². The molecule has 1 heterocycles. The molecule has 0 aromatic heterocycles. The number of nitrogens with one attached hydrogen (secondary N) is 2. The molecule has 0 aliphatic carbocycles. The number of likely N-dealkylation sites (N-methyl/N-ethyl adjacent to an activating group) is 1.